The van der Waals surface area contributed by atoms with Crippen molar-refractivity contribution in [1.29, 1.82) is 0 Å². The summed E-state index contributed by atoms with van der Waals surface area (Å²) < 4.78 is 1.19. The van der Waals surface area contributed by atoms with Crippen molar-refractivity contribution in [3.8, 4) is 0 Å². The third-order valence-corrected chi connectivity index (χ3v) is 4.75. The number of aliphatic hydroxyl groups is 1. The van der Waals surface area contributed by atoms with E-state index in [-0.39, 0.29) is 0 Å². The summed E-state index contributed by atoms with van der Waals surface area (Å²) in [6.45, 7) is 0. The van der Waals surface area contributed by atoms with Crippen LogP contribution < -0.4 is 0 Å². The zero-order valence-corrected chi connectivity index (χ0v) is 12.0. The average Bonchev–Trinajstić information content (AvgIpc) is 2.98. The number of nitrogens with zero attached hydrogens (tertiary/aromatic N) is 1. The van der Waals surface area contributed by atoms with E-state index in [2.05, 4.69) is 17.1 Å². The number of aromatic nitrogens is 1. The van der Waals surface area contributed by atoms with Gasteiger partial charge in [-0.2, -0.15) is 0 Å². The van der Waals surface area contributed by atoms with E-state index in [1.165, 1.54) is 4.70 Å². The molecule has 21 heavy (non-hydrogen) atoms. The molecule has 4 rings (SSSR count). The molecule has 0 saturated heterocycles. The molecule has 2 aromatic carbocycles. The van der Waals surface area contributed by atoms with Crippen LogP contribution in [0.1, 0.15) is 17.2 Å². The largest absolute Gasteiger partial charge is 0.384 e. The van der Waals surface area contributed by atoms with Crippen molar-refractivity contribution < 1.29 is 5.11 Å². The maximum absolute atomic E-state index is 10.8. The average molecular weight is 291 g/mol. The molecule has 2 nitrogen and oxygen atoms in total. The third-order valence-electron chi connectivity index (χ3n) is 3.76. The number of hydrogen-bond acceptors (Lipinski definition) is 3. The third kappa shape index (κ3) is 2.02. The molecule has 0 saturated carbocycles. The summed E-state index contributed by atoms with van der Waals surface area (Å²) in [7, 11) is 0. The highest BCUT2D eigenvalue weighted by Gasteiger charge is 2.17. The van der Waals surface area contributed by atoms with Gasteiger partial charge in [0.05, 0.1) is 5.52 Å². The zero-order valence-electron chi connectivity index (χ0n) is 11.2. The van der Waals surface area contributed by atoms with Gasteiger partial charge in [-0.15, -0.1) is 11.3 Å². The van der Waals surface area contributed by atoms with Gasteiger partial charge in [0, 0.05) is 27.4 Å². The van der Waals surface area contributed by atoms with Crippen LogP contribution in [0, 0.1) is 0 Å². The molecule has 1 N–H and O–H groups in total. The number of aliphatic hydroxyl groups excluding tert-OH is 1. The van der Waals surface area contributed by atoms with E-state index in [0.717, 1.165) is 27.4 Å². The molecule has 0 aliphatic rings. The van der Waals surface area contributed by atoms with Gasteiger partial charge in [0.25, 0.3) is 0 Å². The normalized spacial score (nSPS) is 12.8. The van der Waals surface area contributed by atoms with Gasteiger partial charge in [-0.25, -0.2) is 0 Å². The molecule has 0 spiro atoms. The second-order valence-corrected chi connectivity index (χ2v) is 5.92. The van der Waals surface area contributed by atoms with E-state index in [1.54, 1.807) is 17.5 Å². The first-order valence-corrected chi connectivity index (χ1v) is 7.70. The van der Waals surface area contributed by atoms with Crippen LogP contribution in [0.15, 0.2) is 66.2 Å². The molecule has 0 bridgehead atoms. The number of benzene rings is 2. The highest BCUT2D eigenvalue weighted by molar-refractivity contribution is 7.17. The van der Waals surface area contributed by atoms with Crippen molar-refractivity contribution >= 4 is 32.3 Å². The second kappa shape index (κ2) is 4.95. The van der Waals surface area contributed by atoms with Crippen LogP contribution in [0.2, 0.25) is 0 Å². The minimum absolute atomic E-state index is 0.653. The molecule has 1 atom stereocenters. The number of para-hydroxylation sites is 1. The number of rotatable bonds is 2. The maximum Gasteiger partial charge on any atom is 0.108 e. The Bertz CT molecular complexity index is 923. The number of fused-ring (bicyclic) bond motifs is 2. The molecule has 0 fully saturated rings. The highest BCUT2D eigenvalue weighted by atomic mass is 32.1. The summed E-state index contributed by atoms with van der Waals surface area (Å²) in [4.78, 5) is 4.44. The summed E-state index contributed by atoms with van der Waals surface area (Å²) in [6.07, 6.45) is 1.12. The fourth-order valence-electron chi connectivity index (χ4n) is 2.73. The van der Waals surface area contributed by atoms with Crippen molar-refractivity contribution in [2.24, 2.45) is 0 Å². The van der Waals surface area contributed by atoms with Gasteiger partial charge < -0.3 is 5.11 Å². The van der Waals surface area contributed by atoms with Crippen LogP contribution in [0.3, 0.4) is 0 Å². The molecule has 0 aliphatic heterocycles. The van der Waals surface area contributed by atoms with Crippen LogP contribution in [-0.2, 0) is 0 Å². The van der Waals surface area contributed by atoms with E-state index in [1.807, 2.05) is 47.8 Å². The summed E-state index contributed by atoms with van der Waals surface area (Å²) >= 11 is 1.66. The summed E-state index contributed by atoms with van der Waals surface area (Å²) in [5.41, 5.74) is 2.67. The molecular weight excluding hydrogens is 278 g/mol. The Balaban J connectivity index is 1.92. The number of thiophene rings is 1. The van der Waals surface area contributed by atoms with Gasteiger partial charge in [0.2, 0.25) is 0 Å². The molecule has 2 heterocycles. The molecule has 3 heteroatoms. The van der Waals surface area contributed by atoms with Gasteiger partial charge in [-0.1, -0.05) is 42.5 Å². The van der Waals surface area contributed by atoms with Crippen LogP contribution in [-0.4, -0.2) is 10.1 Å². The van der Waals surface area contributed by atoms with Crippen molar-refractivity contribution in [2.45, 2.75) is 6.10 Å². The zero-order chi connectivity index (χ0) is 14.2. The molecule has 102 valence electrons. The summed E-state index contributed by atoms with van der Waals surface area (Å²) in [5.74, 6) is 0. The first kappa shape index (κ1) is 12.5. The van der Waals surface area contributed by atoms with Crippen LogP contribution in [0.5, 0.6) is 0 Å². The highest BCUT2D eigenvalue weighted by Crippen LogP contribution is 2.35. The molecule has 2 aromatic heterocycles. The first-order valence-electron chi connectivity index (χ1n) is 6.82. The Morgan fingerprint density at radius 3 is 2.71 bits per heavy atom. The van der Waals surface area contributed by atoms with Gasteiger partial charge in [0.1, 0.15) is 6.10 Å². The molecule has 0 radical (unpaired) electrons. The standard InChI is InChI=1S/C18H13NOS/c20-18(15-11-21-16-9-2-1-7-13(15)16)14-8-3-5-12-6-4-10-19-17(12)14/h1-11,18,20H. The monoisotopic (exact) mass is 291 g/mol. The fourth-order valence-corrected chi connectivity index (χ4v) is 3.71. The second-order valence-electron chi connectivity index (χ2n) is 5.01. The predicted molar refractivity (Wildman–Crippen MR) is 87.6 cm³/mol. The van der Waals surface area contributed by atoms with E-state index in [4.69, 9.17) is 0 Å². The molecule has 1 unspecified atom stereocenters. The van der Waals surface area contributed by atoms with Crippen LogP contribution >= 0.6 is 11.3 Å². The van der Waals surface area contributed by atoms with Crippen molar-refractivity contribution in [3.63, 3.8) is 0 Å². The Kier molecular flexibility index (Phi) is 2.95. The van der Waals surface area contributed by atoms with Gasteiger partial charge >= 0.3 is 0 Å². The Morgan fingerprint density at radius 2 is 1.76 bits per heavy atom. The number of pyridine rings is 1. The van der Waals surface area contributed by atoms with Gasteiger partial charge in [0.15, 0.2) is 0 Å². The lowest BCUT2D eigenvalue weighted by Crippen LogP contribution is -2.00. The Labute approximate surface area is 126 Å². The first-order chi connectivity index (χ1) is 10.3. The van der Waals surface area contributed by atoms with Crippen molar-refractivity contribution in [2.75, 3.05) is 0 Å². The van der Waals surface area contributed by atoms with E-state index >= 15 is 0 Å². The summed E-state index contributed by atoms with van der Waals surface area (Å²) in [6, 6.07) is 18.0. The Morgan fingerprint density at radius 1 is 0.905 bits per heavy atom. The van der Waals surface area contributed by atoms with Gasteiger partial charge in [-0.3, -0.25) is 4.98 Å². The minimum Gasteiger partial charge on any atom is -0.384 e. The predicted octanol–water partition coefficient (Wildman–Crippen LogP) is 4.53. The van der Waals surface area contributed by atoms with Crippen molar-refractivity contribution in [3.05, 3.63) is 77.3 Å². The van der Waals surface area contributed by atoms with Crippen LogP contribution in [0.25, 0.3) is 21.0 Å². The SMILES string of the molecule is OC(c1csc2ccccc12)c1cccc2cccnc12. The maximum atomic E-state index is 10.8. The van der Waals surface area contributed by atoms with E-state index in [9.17, 15) is 5.11 Å². The minimum atomic E-state index is -0.653. The summed E-state index contributed by atoms with van der Waals surface area (Å²) in [5, 5.41) is 15.0. The smallest absolute Gasteiger partial charge is 0.108 e. The van der Waals surface area contributed by atoms with E-state index < -0.39 is 6.10 Å². The molecule has 4 aromatic rings. The topological polar surface area (TPSA) is 33.1 Å². The van der Waals surface area contributed by atoms with E-state index in [0.29, 0.717) is 0 Å². The fraction of sp³-hybridized carbons (Fsp3) is 0.0556. The number of hydrogen-bond donors (Lipinski definition) is 1. The Hall–Kier alpha value is -2.23. The molecule has 0 amide bonds. The van der Waals surface area contributed by atoms with Gasteiger partial charge in [-0.05, 0) is 22.9 Å². The lowest BCUT2D eigenvalue weighted by Gasteiger charge is -2.12. The van der Waals surface area contributed by atoms with Crippen molar-refractivity contribution in [1.82, 2.24) is 4.98 Å². The molecular formula is C18H13NOS. The quantitative estimate of drug-likeness (QED) is 0.588. The lowest BCUT2D eigenvalue weighted by atomic mass is 9.98. The lowest BCUT2D eigenvalue weighted by molar-refractivity contribution is 0.223. The molecule has 0 aliphatic carbocycles. The van der Waals surface area contributed by atoms with Crippen LogP contribution in [0.4, 0.5) is 0 Å².